The quantitative estimate of drug-likeness (QED) is 0.322. The summed E-state index contributed by atoms with van der Waals surface area (Å²) >= 11 is 0. The Bertz CT molecular complexity index is 1030. The minimum Gasteiger partial charge on any atom is -0.478 e. The number of aromatic carboxylic acids is 1. The maximum Gasteiger partial charge on any atom is 0.335 e. The van der Waals surface area contributed by atoms with Crippen LogP contribution in [0.25, 0.3) is 0 Å². The second-order valence-corrected chi connectivity index (χ2v) is 7.85. The van der Waals surface area contributed by atoms with Crippen molar-refractivity contribution in [1.82, 2.24) is 16.0 Å². The Labute approximate surface area is 190 Å². The Morgan fingerprint density at radius 3 is 2.09 bits per heavy atom. The molecule has 5 amide bonds. The van der Waals surface area contributed by atoms with Gasteiger partial charge in [-0.15, -0.1) is 0 Å². The molecule has 0 aromatic heterocycles. The van der Waals surface area contributed by atoms with Crippen LogP contribution in [0.2, 0.25) is 0 Å². The number of carbonyl (C=O) groups excluding carboxylic acids is 4. The van der Waals surface area contributed by atoms with E-state index in [4.69, 9.17) is 5.11 Å². The number of carboxylic acid groups (broad SMARTS) is 1. The zero-order valence-corrected chi connectivity index (χ0v) is 17.9. The average Bonchev–Trinajstić information content (AvgIpc) is 2.80. The molecule has 0 saturated carbocycles. The molecule has 2 aromatic carbocycles. The number of carbonyl (C=O) groups is 5. The van der Waals surface area contributed by atoms with E-state index in [0.717, 1.165) is 5.56 Å². The standard InChI is InChI=1S/C24H25N3O6/c28-19(25-15-16-10-12-17(13-11-16)20(29)30)9-5-2-6-14-24(18-7-3-1-4-8-18)21(31)26-23(33)27-22(24)32/h1,3-4,7-8,10-13H,2,5-6,9,14-15H2,(H,25,28)(H,29,30)(H2,26,27,31,32,33). The number of unbranched alkanes of at least 4 members (excludes halogenated alkanes) is 2. The fourth-order valence-corrected chi connectivity index (χ4v) is 3.82. The van der Waals surface area contributed by atoms with E-state index in [0.29, 0.717) is 31.4 Å². The zero-order chi connectivity index (χ0) is 23.8. The molecule has 1 aliphatic rings. The summed E-state index contributed by atoms with van der Waals surface area (Å²) in [5.41, 5.74) is 0.00346. The molecule has 0 aliphatic carbocycles. The number of benzene rings is 2. The lowest BCUT2D eigenvalue weighted by molar-refractivity contribution is -0.139. The molecular weight excluding hydrogens is 426 g/mol. The molecule has 0 spiro atoms. The van der Waals surface area contributed by atoms with Crippen LogP contribution < -0.4 is 16.0 Å². The van der Waals surface area contributed by atoms with Gasteiger partial charge in [-0.2, -0.15) is 0 Å². The minimum atomic E-state index is -1.49. The lowest BCUT2D eigenvalue weighted by Crippen LogP contribution is -2.64. The van der Waals surface area contributed by atoms with Crippen molar-refractivity contribution in [2.75, 3.05) is 0 Å². The van der Waals surface area contributed by atoms with Crippen molar-refractivity contribution < 1.29 is 29.1 Å². The fraction of sp³-hybridized carbons (Fsp3) is 0.292. The van der Waals surface area contributed by atoms with Crippen LogP contribution in [0.4, 0.5) is 4.79 Å². The predicted octanol–water partition coefficient (Wildman–Crippen LogP) is 2.26. The van der Waals surface area contributed by atoms with E-state index in [1.165, 1.54) is 12.1 Å². The molecule has 1 heterocycles. The van der Waals surface area contributed by atoms with Gasteiger partial charge in [0, 0.05) is 13.0 Å². The van der Waals surface area contributed by atoms with Crippen LogP contribution in [0, 0.1) is 0 Å². The van der Waals surface area contributed by atoms with Crippen molar-refractivity contribution in [2.24, 2.45) is 0 Å². The van der Waals surface area contributed by atoms with E-state index >= 15 is 0 Å². The molecule has 4 N–H and O–H groups in total. The summed E-state index contributed by atoms with van der Waals surface area (Å²) in [4.78, 5) is 59.9. The number of amides is 5. The first-order chi connectivity index (χ1) is 15.8. The Balaban J connectivity index is 1.48. The van der Waals surface area contributed by atoms with E-state index < -0.39 is 29.2 Å². The second kappa shape index (κ2) is 10.5. The number of nitrogens with one attached hydrogen (secondary N) is 3. The number of urea groups is 1. The van der Waals surface area contributed by atoms with Gasteiger partial charge in [-0.3, -0.25) is 25.0 Å². The largest absolute Gasteiger partial charge is 0.478 e. The van der Waals surface area contributed by atoms with Crippen molar-refractivity contribution in [2.45, 2.75) is 44.1 Å². The van der Waals surface area contributed by atoms with Crippen molar-refractivity contribution in [3.8, 4) is 0 Å². The molecule has 9 nitrogen and oxygen atoms in total. The minimum absolute atomic E-state index is 0.145. The van der Waals surface area contributed by atoms with E-state index in [9.17, 15) is 24.0 Å². The second-order valence-electron chi connectivity index (χ2n) is 7.85. The van der Waals surface area contributed by atoms with Crippen molar-refractivity contribution in [3.63, 3.8) is 0 Å². The lowest BCUT2D eigenvalue weighted by atomic mass is 9.73. The zero-order valence-electron chi connectivity index (χ0n) is 17.9. The van der Waals surface area contributed by atoms with Gasteiger partial charge in [0.25, 0.3) is 0 Å². The molecule has 2 aromatic rings. The summed E-state index contributed by atoms with van der Waals surface area (Å²) in [5.74, 6) is -2.44. The molecule has 9 heteroatoms. The summed E-state index contributed by atoms with van der Waals surface area (Å²) in [6, 6.07) is 14.0. The molecule has 172 valence electrons. The van der Waals surface area contributed by atoms with Crippen molar-refractivity contribution >= 4 is 29.7 Å². The first kappa shape index (κ1) is 23.6. The third-order valence-corrected chi connectivity index (χ3v) is 5.64. The van der Waals surface area contributed by atoms with Gasteiger partial charge in [0.2, 0.25) is 17.7 Å². The molecule has 1 saturated heterocycles. The Morgan fingerprint density at radius 1 is 0.848 bits per heavy atom. The monoisotopic (exact) mass is 451 g/mol. The SMILES string of the molecule is O=C(CCCCCC1(c2ccccc2)C(=O)NC(=O)NC1=O)NCc1ccc(C(=O)O)cc1. The van der Waals surface area contributed by atoms with E-state index in [-0.39, 0.29) is 24.3 Å². The summed E-state index contributed by atoms with van der Waals surface area (Å²) in [6.07, 6.45) is 2.18. The Morgan fingerprint density at radius 2 is 1.48 bits per heavy atom. The van der Waals surface area contributed by atoms with Gasteiger partial charge in [-0.25, -0.2) is 9.59 Å². The topological polar surface area (TPSA) is 142 Å². The van der Waals surface area contributed by atoms with E-state index in [1.807, 2.05) is 0 Å². The van der Waals surface area contributed by atoms with Gasteiger partial charge in [0.15, 0.2) is 5.41 Å². The summed E-state index contributed by atoms with van der Waals surface area (Å²) in [6.45, 7) is 0.296. The Kier molecular flexibility index (Phi) is 7.55. The van der Waals surface area contributed by atoms with Gasteiger partial charge in [-0.1, -0.05) is 55.3 Å². The Hall–Kier alpha value is -4.01. The molecule has 0 atom stereocenters. The molecule has 3 rings (SSSR count). The highest BCUT2D eigenvalue weighted by molar-refractivity contribution is 6.22. The van der Waals surface area contributed by atoms with Gasteiger partial charge in [0.1, 0.15) is 0 Å². The number of barbiturate groups is 1. The molecule has 1 fully saturated rings. The van der Waals surface area contributed by atoms with Gasteiger partial charge >= 0.3 is 12.0 Å². The van der Waals surface area contributed by atoms with Crippen LogP contribution in [0.15, 0.2) is 54.6 Å². The molecule has 0 radical (unpaired) electrons. The number of hydrogen-bond acceptors (Lipinski definition) is 5. The highest BCUT2D eigenvalue weighted by Gasteiger charge is 2.51. The van der Waals surface area contributed by atoms with Gasteiger partial charge in [0.05, 0.1) is 5.56 Å². The molecular formula is C24H25N3O6. The van der Waals surface area contributed by atoms with Crippen LogP contribution in [0.5, 0.6) is 0 Å². The summed E-state index contributed by atoms with van der Waals surface area (Å²) < 4.78 is 0. The number of imide groups is 2. The highest BCUT2D eigenvalue weighted by Crippen LogP contribution is 2.33. The summed E-state index contributed by atoms with van der Waals surface area (Å²) in [5, 5.41) is 16.1. The van der Waals surface area contributed by atoms with Crippen LogP contribution in [-0.2, 0) is 26.3 Å². The number of hydrogen-bond donors (Lipinski definition) is 4. The van der Waals surface area contributed by atoms with E-state index in [2.05, 4.69) is 16.0 Å². The van der Waals surface area contributed by atoms with Crippen molar-refractivity contribution in [1.29, 1.82) is 0 Å². The number of rotatable bonds is 10. The third kappa shape index (κ3) is 5.62. The maximum atomic E-state index is 12.7. The van der Waals surface area contributed by atoms with Crippen LogP contribution >= 0.6 is 0 Å². The average molecular weight is 451 g/mol. The molecule has 1 aliphatic heterocycles. The smallest absolute Gasteiger partial charge is 0.335 e. The lowest BCUT2D eigenvalue weighted by Gasteiger charge is -2.34. The van der Waals surface area contributed by atoms with Crippen molar-refractivity contribution in [3.05, 3.63) is 71.3 Å². The third-order valence-electron chi connectivity index (χ3n) is 5.64. The van der Waals surface area contributed by atoms with Gasteiger partial charge in [-0.05, 0) is 36.1 Å². The molecule has 0 unspecified atom stereocenters. The first-order valence-electron chi connectivity index (χ1n) is 10.6. The van der Waals surface area contributed by atoms with E-state index in [1.54, 1.807) is 42.5 Å². The van der Waals surface area contributed by atoms with Crippen LogP contribution in [0.3, 0.4) is 0 Å². The number of carboxylic acids is 1. The summed E-state index contributed by atoms with van der Waals surface area (Å²) in [7, 11) is 0. The molecule has 0 bridgehead atoms. The van der Waals surface area contributed by atoms with Crippen LogP contribution in [0.1, 0.15) is 53.6 Å². The fourth-order valence-electron chi connectivity index (χ4n) is 3.82. The normalized spacial score (nSPS) is 14.8. The molecule has 33 heavy (non-hydrogen) atoms. The predicted molar refractivity (Wildman–Crippen MR) is 118 cm³/mol. The highest BCUT2D eigenvalue weighted by atomic mass is 16.4. The maximum absolute atomic E-state index is 12.7. The first-order valence-corrected chi connectivity index (χ1v) is 10.6. The van der Waals surface area contributed by atoms with Crippen LogP contribution in [-0.4, -0.2) is 34.8 Å². The van der Waals surface area contributed by atoms with Gasteiger partial charge < -0.3 is 10.4 Å².